The van der Waals surface area contributed by atoms with Crippen molar-refractivity contribution in [3.63, 3.8) is 0 Å². The van der Waals surface area contributed by atoms with Gasteiger partial charge in [-0.3, -0.25) is 38.4 Å². The number of Topliss-reactive ketones (excluding diaryl/α,β-unsaturated/α-hetero) is 2. The molecule has 3 saturated carbocycles. The van der Waals surface area contributed by atoms with E-state index < -0.39 is 187 Å². The summed E-state index contributed by atoms with van der Waals surface area (Å²) in [5.41, 5.74) is 0. The molecule has 1 heterocycles. The van der Waals surface area contributed by atoms with Gasteiger partial charge in [-0.2, -0.15) is 0 Å². The Hall–Kier alpha value is -5.96. The summed E-state index contributed by atoms with van der Waals surface area (Å²) in [6.45, 7) is 20.5. The molecule has 0 aromatic rings. The minimum absolute atomic E-state index is 0.0124. The van der Waals surface area contributed by atoms with E-state index in [0.717, 1.165) is 96.3 Å². The molecule has 3 aliphatic carbocycles. The van der Waals surface area contributed by atoms with Crippen LogP contribution in [0.25, 0.3) is 0 Å². The lowest BCUT2D eigenvalue weighted by Crippen LogP contribution is -2.53. The van der Waals surface area contributed by atoms with Gasteiger partial charge in [-0.05, 0) is 87.4 Å². The third-order valence-corrected chi connectivity index (χ3v) is 17.6. The van der Waals surface area contributed by atoms with Gasteiger partial charge in [0, 0.05) is 12.8 Å². The smallest absolute Gasteiger partial charge is 0.329 e. The highest BCUT2D eigenvalue weighted by atomic mass is 16.6. The zero-order valence-corrected chi connectivity index (χ0v) is 54.2. The number of nitrogens with one attached hydrogen (secondary N) is 4. The minimum atomic E-state index is -1.51. The maximum absolute atomic E-state index is 14.4. The fourth-order valence-electron chi connectivity index (χ4n) is 11.8. The fraction of sp³-hybridized carbons (Fsp3) is 0.815. The Morgan fingerprint density at radius 1 is 0.333 bits per heavy atom. The Balaban J connectivity index is 1.71. The van der Waals surface area contributed by atoms with Gasteiger partial charge in [0.15, 0.2) is 48.2 Å². The highest BCUT2D eigenvalue weighted by Gasteiger charge is 2.41. The van der Waals surface area contributed by atoms with Crippen LogP contribution in [0, 0.1) is 53.3 Å². The van der Waals surface area contributed by atoms with Crippen molar-refractivity contribution in [2.75, 3.05) is 0 Å². The lowest BCUT2D eigenvalue weighted by molar-refractivity contribution is -0.166. The molecule has 4 rings (SSSR count). The number of hydrogen-bond acceptors (Lipinski definition) is 18. The van der Waals surface area contributed by atoms with Crippen molar-refractivity contribution in [2.24, 2.45) is 53.3 Å². The second-order valence-corrected chi connectivity index (χ2v) is 26.7. The third kappa shape index (κ3) is 23.8. The Labute approximate surface area is 515 Å². The number of amides is 4. The quantitative estimate of drug-likeness (QED) is 0.114. The van der Waals surface area contributed by atoms with E-state index in [0.29, 0.717) is 0 Å². The van der Waals surface area contributed by atoms with Gasteiger partial charge >= 0.3 is 35.8 Å². The first kappa shape index (κ1) is 73.5. The van der Waals surface area contributed by atoms with Crippen LogP contribution in [0.1, 0.15) is 225 Å². The molecule has 1 saturated heterocycles. The predicted octanol–water partition coefficient (Wildman–Crippen LogP) is 7.59. The monoisotopic (exact) mass is 1230 g/mol. The number of cyclic esters (lactones) is 6. The van der Waals surface area contributed by atoms with Gasteiger partial charge in [0.2, 0.25) is 0 Å². The van der Waals surface area contributed by atoms with E-state index in [4.69, 9.17) is 28.4 Å². The molecule has 4 amide bonds. The second kappa shape index (κ2) is 35.9. The van der Waals surface area contributed by atoms with Crippen molar-refractivity contribution < 1.29 is 86.0 Å². The molecule has 0 aromatic carbocycles. The number of rotatable bonds is 11. The van der Waals surface area contributed by atoms with E-state index in [1.165, 1.54) is 20.8 Å². The zero-order chi connectivity index (χ0) is 64.8. The van der Waals surface area contributed by atoms with Gasteiger partial charge in [0.1, 0.15) is 24.2 Å². The molecule has 4 fully saturated rings. The van der Waals surface area contributed by atoms with Crippen LogP contribution in [0.4, 0.5) is 0 Å². The van der Waals surface area contributed by atoms with Crippen LogP contribution in [0.3, 0.4) is 0 Å². The van der Waals surface area contributed by atoms with E-state index in [1.807, 2.05) is 0 Å². The summed E-state index contributed by atoms with van der Waals surface area (Å²) in [6.07, 6.45) is 3.45. The van der Waals surface area contributed by atoms with Gasteiger partial charge in [-0.15, -0.1) is 0 Å². The molecule has 22 heteroatoms. The fourth-order valence-corrected chi connectivity index (χ4v) is 11.8. The largest absolute Gasteiger partial charge is 0.453 e. The molecular weight excluding hydrogens is 1120 g/mol. The van der Waals surface area contributed by atoms with Crippen LogP contribution in [0.15, 0.2) is 0 Å². The average molecular weight is 1230 g/mol. The van der Waals surface area contributed by atoms with E-state index >= 15 is 0 Å². The molecule has 22 nitrogen and oxygen atoms in total. The van der Waals surface area contributed by atoms with Crippen molar-refractivity contribution in [1.29, 1.82) is 0 Å². The highest BCUT2D eigenvalue weighted by Crippen LogP contribution is 2.32. The number of ether oxygens (including phenoxy) is 6. The maximum Gasteiger partial charge on any atom is 0.329 e. The number of carbonyl (C=O) groups excluding carboxylic acids is 12. The van der Waals surface area contributed by atoms with Crippen LogP contribution in [0.2, 0.25) is 0 Å². The summed E-state index contributed by atoms with van der Waals surface area (Å²) in [4.78, 5) is 168. The number of hydrogen-bond donors (Lipinski definition) is 4. The first-order valence-corrected chi connectivity index (χ1v) is 32.5. The van der Waals surface area contributed by atoms with E-state index in [-0.39, 0.29) is 37.0 Å². The van der Waals surface area contributed by atoms with Crippen LogP contribution in [-0.4, -0.2) is 132 Å². The van der Waals surface area contributed by atoms with Crippen LogP contribution < -0.4 is 21.3 Å². The van der Waals surface area contributed by atoms with Crippen molar-refractivity contribution in [2.45, 2.75) is 286 Å². The first-order chi connectivity index (χ1) is 41.0. The maximum atomic E-state index is 14.4. The highest BCUT2D eigenvalue weighted by molar-refractivity contribution is 5.95. The molecule has 4 N–H and O–H groups in total. The molecule has 0 radical (unpaired) electrons. The summed E-state index contributed by atoms with van der Waals surface area (Å²) >= 11 is 0. The molecule has 0 spiro atoms. The first-order valence-electron chi connectivity index (χ1n) is 32.5. The molecule has 0 bridgehead atoms. The van der Waals surface area contributed by atoms with Crippen LogP contribution in [0.5, 0.6) is 0 Å². The van der Waals surface area contributed by atoms with Crippen molar-refractivity contribution in [3.8, 4) is 0 Å². The summed E-state index contributed by atoms with van der Waals surface area (Å²) in [7, 11) is 0. The Morgan fingerprint density at radius 2 is 0.644 bits per heavy atom. The molecule has 1 aliphatic heterocycles. The van der Waals surface area contributed by atoms with Gasteiger partial charge in [0.05, 0.1) is 12.3 Å². The molecule has 11 atom stereocenters. The van der Waals surface area contributed by atoms with Crippen molar-refractivity contribution in [3.05, 3.63) is 0 Å². The van der Waals surface area contributed by atoms with E-state index in [9.17, 15) is 57.5 Å². The van der Waals surface area contributed by atoms with Gasteiger partial charge in [-0.1, -0.05) is 166 Å². The molecule has 87 heavy (non-hydrogen) atoms. The summed E-state index contributed by atoms with van der Waals surface area (Å²) in [5, 5.41) is 10.6. The summed E-state index contributed by atoms with van der Waals surface area (Å²) in [5.74, 6) is -14.3. The van der Waals surface area contributed by atoms with Gasteiger partial charge in [-0.25, -0.2) is 19.2 Å². The van der Waals surface area contributed by atoms with E-state index in [2.05, 4.69) is 21.3 Å². The second-order valence-electron chi connectivity index (χ2n) is 26.7. The van der Waals surface area contributed by atoms with Crippen LogP contribution >= 0.6 is 0 Å². The summed E-state index contributed by atoms with van der Waals surface area (Å²) < 4.78 is 34.7. The number of esters is 6. The molecule has 4 aliphatic rings. The average Bonchev–Trinajstić information content (AvgIpc) is 3.67. The Morgan fingerprint density at radius 3 is 1.01 bits per heavy atom. The molecule has 1 unspecified atom stereocenters. The van der Waals surface area contributed by atoms with Crippen molar-refractivity contribution >= 4 is 71.0 Å². The normalized spacial score (nSPS) is 30.0. The molecular formula is C65H104N4O18. The van der Waals surface area contributed by atoms with E-state index in [1.54, 1.807) is 69.2 Å². The predicted molar refractivity (Wildman–Crippen MR) is 319 cm³/mol. The standard InChI is InChI=1S/C65H104N4O18/c1-35(2)46-34-48(71)40(11)83-62(78)53(36(3)4)68-60(76)51(33-45-27-21-16-22-28-45)87-65(81)56(39(9)10)66-57(73)41(12)82-52(72)30-29-47(70)49(31-43-23-17-14-18-24-43)85-64(80)55(38(7)8)67-58(74)42(13)84-63(79)54(37(5)6)69-59(75)50(86-61(46)77)32-44-25-19-15-20-26-44/h35-46,49-51,53-56H,14-34H2,1-13H3,(H,66,73)(H,67,74)(H,68,76)(H,69,75)/t40-,41-,42-,46-,49?,50+,51+,53+,54+,55-,56-/m0/s1. The molecule has 492 valence electrons. The van der Waals surface area contributed by atoms with Crippen molar-refractivity contribution in [1.82, 2.24) is 21.3 Å². The topological polar surface area (TPSA) is 308 Å². The van der Waals surface area contributed by atoms with Gasteiger partial charge in [0.25, 0.3) is 23.6 Å². The SMILES string of the molecule is CC(C)[C@@H]1CC(=O)[C@H](C)OC(=O)[C@@H](C(C)C)NC(=O)[C@@H](CC2CCCCC2)OC(=O)[C@H](C(C)C)NC(=O)[C@H](C)OC(=O)CCC(=O)C(CC2CCCCC2)OC(=O)[C@H](C(C)C)NC(=O)[C@H](C)OC(=O)[C@@H](C(C)C)NC(=O)[C@@H](CC2CCCCC2)OC1=O. The lowest BCUT2D eigenvalue weighted by Gasteiger charge is -2.30. The van der Waals surface area contributed by atoms with Crippen LogP contribution in [-0.2, 0) is 86.0 Å². The zero-order valence-electron chi connectivity index (χ0n) is 54.2. The minimum Gasteiger partial charge on any atom is -0.453 e. The summed E-state index contributed by atoms with van der Waals surface area (Å²) in [6, 6.07) is -5.35. The number of carbonyl (C=O) groups is 12. The molecule has 0 aromatic heterocycles. The Bertz CT molecular complexity index is 2340. The van der Waals surface area contributed by atoms with Gasteiger partial charge < -0.3 is 49.7 Å². The Kier molecular flexibility index (Phi) is 30.3. The number of ketones is 2. The lowest BCUT2D eigenvalue weighted by atomic mass is 9.84. The third-order valence-electron chi connectivity index (χ3n) is 17.6.